The lowest BCUT2D eigenvalue weighted by molar-refractivity contribution is -0.905. The number of benzene rings is 1. The highest BCUT2D eigenvalue weighted by atomic mass is 79.9. The fraction of sp³-hybridized carbons (Fsp3) is 0.500. The predicted octanol–water partition coefficient (Wildman–Crippen LogP) is 0.608. The molecule has 0 saturated carbocycles. The number of piperidine rings is 1. The lowest BCUT2D eigenvalue weighted by Crippen LogP contribution is -3.13. The van der Waals surface area contributed by atoms with Crippen molar-refractivity contribution in [2.45, 2.75) is 12.8 Å². The molecule has 1 heterocycles. The first kappa shape index (κ1) is 14.3. The van der Waals surface area contributed by atoms with Gasteiger partial charge >= 0.3 is 0 Å². The number of rotatable bonds is 5. The first-order chi connectivity index (χ1) is 9.15. The maximum atomic E-state index is 11.1. The third kappa shape index (κ3) is 4.51. The quantitative estimate of drug-likeness (QED) is 0.832. The van der Waals surface area contributed by atoms with Gasteiger partial charge < -0.3 is 15.4 Å². The molecule has 1 aromatic carbocycles. The van der Waals surface area contributed by atoms with Crippen LogP contribution in [0.1, 0.15) is 12.8 Å². The zero-order valence-corrected chi connectivity index (χ0v) is 12.5. The van der Waals surface area contributed by atoms with Gasteiger partial charge in [0.15, 0.2) is 0 Å². The monoisotopic (exact) mass is 327 g/mol. The fourth-order valence-electron chi connectivity index (χ4n) is 2.43. The van der Waals surface area contributed by atoms with Crippen LogP contribution in [0.3, 0.4) is 0 Å². The first-order valence-corrected chi connectivity index (χ1v) is 7.45. The molecular weight excluding hydrogens is 308 g/mol. The summed E-state index contributed by atoms with van der Waals surface area (Å²) in [6, 6.07) is 7.87. The largest absolute Gasteiger partial charge is 0.488 e. The Bertz CT molecular complexity index is 431. The molecule has 0 unspecified atom stereocenters. The molecule has 1 amide bonds. The van der Waals surface area contributed by atoms with Gasteiger partial charge in [0.1, 0.15) is 18.9 Å². The van der Waals surface area contributed by atoms with Crippen molar-refractivity contribution in [1.29, 1.82) is 0 Å². The molecule has 1 aliphatic heterocycles. The average Bonchev–Trinajstić information content (AvgIpc) is 2.39. The Balaban J connectivity index is 1.68. The van der Waals surface area contributed by atoms with Crippen molar-refractivity contribution in [2.24, 2.45) is 11.7 Å². The van der Waals surface area contributed by atoms with Crippen molar-refractivity contribution in [3.05, 3.63) is 28.7 Å². The molecule has 104 valence electrons. The molecule has 0 aliphatic carbocycles. The highest BCUT2D eigenvalue weighted by Gasteiger charge is 2.25. The van der Waals surface area contributed by atoms with E-state index in [1.54, 1.807) is 0 Å². The number of halogens is 1. The van der Waals surface area contributed by atoms with Gasteiger partial charge in [0.25, 0.3) is 0 Å². The van der Waals surface area contributed by atoms with E-state index in [2.05, 4.69) is 15.9 Å². The van der Waals surface area contributed by atoms with Crippen LogP contribution in [0.4, 0.5) is 0 Å². The third-order valence-corrected chi connectivity index (χ3v) is 4.11. The lowest BCUT2D eigenvalue weighted by Gasteiger charge is -2.27. The van der Waals surface area contributed by atoms with Crippen LogP contribution in [0.25, 0.3) is 0 Å². The molecule has 19 heavy (non-hydrogen) atoms. The van der Waals surface area contributed by atoms with Gasteiger partial charge in [-0.2, -0.15) is 0 Å². The van der Waals surface area contributed by atoms with Gasteiger partial charge in [-0.05, 0) is 18.2 Å². The molecule has 1 fully saturated rings. The molecule has 2 rings (SSSR count). The highest BCUT2D eigenvalue weighted by Crippen LogP contribution is 2.17. The van der Waals surface area contributed by atoms with Crippen molar-refractivity contribution >= 4 is 21.8 Å². The number of likely N-dealkylation sites (tertiary alicyclic amines) is 1. The van der Waals surface area contributed by atoms with Crippen molar-refractivity contribution < 1.29 is 14.4 Å². The zero-order valence-electron chi connectivity index (χ0n) is 10.9. The number of ether oxygens (including phenoxy) is 1. The number of amides is 1. The SMILES string of the molecule is NC(=O)C1CC[NH+](CCOc2cccc(Br)c2)CC1. The number of hydrogen-bond acceptors (Lipinski definition) is 2. The Morgan fingerprint density at radius 3 is 2.79 bits per heavy atom. The summed E-state index contributed by atoms with van der Waals surface area (Å²) in [5.74, 6) is 0.819. The number of primary amides is 1. The van der Waals surface area contributed by atoms with Crippen LogP contribution in [0.15, 0.2) is 28.7 Å². The summed E-state index contributed by atoms with van der Waals surface area (Å²) < 4.78 is 6.75. The van der Waals surface area contributed by atoms with Crippen LogP contribution in [0.2, 0.25) is 0 Å². The van der Waals surface area contributed by atoms with Crippen LogP contribution in [0.5, 0.6) is 5.75 Å². The molecular formula is C14H20BrN2O2+. The van der Waals surface area contributed by atoms with Gasteiger partial charge in [-0.25, -0.2) is 0 Å². The molecule has 1 aromatic rings. The van der Waals surface area contributed by atoms with E-state index in [1.807, 2.05) is 24.3 Å². The predicted molar refractivity (Wildman–Crippen MR) is 77.1 cm³/mol. The van der Waals surface area contributed by atoms with Gasteiger partial charge in [0, 0.05) is 23.2 Å². The number of nitrogens with two attached hydrogens (primary N) is 1. The van der Waals surface area contributed by atoms with E-state index in [0.29, 0.717) is 6.61 Å². The molecule has 3 N–H and O–H groups in total. The Kier molecular flexibility index (Phi) is 5.22. The van der Waals surface area contributed by atoms with Crippen molar-refractivity contribution in [3.63, 3.8) is 0 Å². The van der Waals surface area contributed by atoms with Gasteiger partial charge in [-0.1, -0.05) is 22.0 Å². The molecule has 0 bridgehead atoms. The Labute approximate surface area is 122 Å². The average molecular weight is 328 g/mol. The molecule has 1 aliphatic rings. The summed E-state index contributed by atoms with van der Waals surface area (Å²) in [7, 11) is 0. The summed E-state index contributed by atoms with van der Waals surface area (Å²) in [6.45, 7) is 3.69. The molecule has 1 saturated heterocycles. The molecule has 0 radical (unpaired) electrons. The second-order valence-electron chi connectivity index (χ2n) is 4.98. The Morgan fingerprint density at radius 2 is 2.16 bits per heavy atom. The molecule has 0 atom stereocenters. The minimum Gasteiger partial charge on any atom is -0.488 e. The third-order valence-electron chi connectivity index (χ3n) is 3.62. The van der Waals surface area contributed by atoms with Crippen molar-refractivity contribution in [3.8, 4) is 5.75 Å². The normalized spacial score (nSPS) is 23.0. The van der Waals surface area contributed by atoms with Gasteiger partial charge in [-0.15, -0.1) is 0 Å². The highest BCUT2D eigenvalue weighted by molar-refractivity contribution is 9.10. The van der Waals surface area contributed by atoms with Crippen LogP contribution in [-0.2, 0) is 4.79 Å². The van der Waals surface area contributed by atoms with Crippen LogP contribution >= 0.6 is 15.9 Å². The fourth-order valence-corrected chi connectivity index (χ4v) is 2.81. The standard InChI is InChI=1S/C14H19BrN2O2/c15-12-2-1-3-13(10-12)19-9-8-17-6-4-11(5-7-17)14(16)18/h1-3,10-11H,4-9H2,(H2,16,18)/p+1. The second-order valence-corrected chi connectivity index (χ2v) is 5.90. The van der Waals surface area contributed by atoms with Gasteiger partial charge in [-0.3, -0.25) is 4.79 Å². The smallest absolute Gasteiger partial charge is 0.220 e. The van der Waals surface area contributed by atoms with E-state index in [9.17, 15) is 4.79 Å². The lowest BCUT2D eigenvalue weighted by atomic mass is 9.96. The van der Waals surface area contributed by atoms with Crippen molar-refractivity contribution in [1.82, 2.24) is 0 Å². The number of carbonyl (C=O) groups is 1. The van der Waals surface area contributed by atoms with Crippen LogP contribution < -0.4 is 15.4 Å². The summed E-state index contributed by atoms with van der Waals surface area (Å²) in [5, 5.41) is 0. The second kappa shape index (κ2) is 6.91. The summed E-state index contributed by atoms with van der Waals surface area (Å²) >= 11 is 3.42. The number of nitrogens with one attached hydrogen (secondary N) is 1. The van der Waals surface area contributed by atoms with E-state index in [1.165, 1.54) is 4.90 Å². The first-order valence-electron chi connectivity index (χ1n) is 6.66. The van der Waals surface area contributed by atoms with Crippen LogP contribution in [0, 0.1) is 5.92 Å². The minimum atomic E-state index is -0.149. The van der Waals surface area contributed by atoms with Gasteiger partial charge in [0.05, 0.1) is 13.1 Å². The van der Waals surface area contributed by atoms with E-state index in [0.717, 1.165) is 42.7 Å². The number of quaternary nitrogens is 1. The van der Waals surface area contributed by atoms with E-state index in [-0.39, 0.29) is 11.8 Å². The number of carbonyl (C=O) groups excluding carboxylic acids is 1. The molecule has 0 spiro atoms. The molecule has 5 heteroatoms. The molecule has 4 nitrogen and oxygen atoms in total. The summed E-state index contributed by atoms with van der Waals surface area (Å²) in [6.07, 6.45) is 1.81. The topological polar surface area (TPSA) is 56.8 Å². The number of hydrogen-bond donors (Lipinski definition) is 2. The Morgan fingerprint density at radius 1 is 1.42 bits per heavy atom. The summed E-state index contributed by atoms with van der Waals surface area (Å²) in [4.78, 5) is 12.6. The zero-order chi connectivity index (χ0) is 13.7. The van der Waals surface area contributed by atoms with E-state index >= 15 is 0 Å². The van der Waals surface area contributed by atoms with Crippen molar-refractivity contribution in [2.75, 3.05) is 26.2 Å². The summed E-state index contributed by atoms with van der Waals surface area (Å²) in [5.41, 5.74) is 5.33. The van der Waals surface area contributed by atoms with E-state index < -0.39 is 0 Å². The maximum Gasteiger partial charge on any atom is 0.220 e. The molecule has 0 aromatic heterocycles. The maximum absolute atomic E-state index is 11.1. The Hall–Kier alpha value is -1.07. The van der Waals surface area contributed by atoms with Gasteiger partial charge in [0.2, 0.25) is 5.91 Å². The van der Waals surface area contributed by atoms with Crippen LogP contribution in [-0.4, -0.2) is 32.1 Å². The minimum absolute atomic E-state index is 0.0785. The van der Waals surface area contributed by atoms with E-state index in [4.69, 9.17) is 10.5 Å².